The fourth-order valence-corrected chi connectivity index (χ4v) is 3.22. The molecule has 1 aromatic carbocycles. The quantitative estimate of drug-likeness (QED) is 0.762. The number of benzene rings is 1. The molecule has 6 heteroatoms. The van der Waals surface area contributed by atoms with Crippen molar-refractivity contribution in [1.82, 2.24) is 14.8 Å². The van der Waals surface area contributed by atoms with Crippen LogP contribution in [0, 0.1) is 5.82 Å². The van der Waals surface area contributed by atoms with E-state index in [4.69, 9.17) is 5.73 Å². The van der Waals surface area contributed by atoms with Crippen LogP contribution < -0.4 is 5.73 Å². The molecule has 3 aromatic rings. The maximum absolute atomic E-state index is 13.0. The SMILES string of the molecule is Nc1c2c(nc3c1cnn3Cc1ccc(F)cc1)CCCC2O. The lowest BCUT2D eigenvalue weighted by molar-refractivity contribution is 0.156. The summed E-state index contributed by atoms with van der Waals surface area (Å²) in [6.45, 7) is 0.498. The predicted molar refractivity (Wildman–Crippen MR) is 85.3 cm³/mol. The van der Waals surface area contributed by atoms with E-state index in [1.54, 1.807) is 23.0 Å². The zero-order valence-corrected chi connectivity index (χ0v) is 12.5. The van der Waals surface area contributed by atoms with Crippen molar-refractivity contribution >= 4 is 16.7 Å². The number of nitrogens with two attached hydrogens (primary N) is 1. The molecule has 0 fully saturated rings. The Morgan fingerprint density at radius 2 is 2.09 bits per heavy atom. The molecule has 2 heterocycles. The average molecular weight is 312 g/mol. The highest BCUT2D eigenvalue weighted by atomic mass is 19.1. The van der Waals surface area contributed by atoms with E-state index >= 15 is 0 Å². The smallest absolute Gasteiger partial charge is 0.160 e. The van der Waals surface area contributed by atoms with Crippen LogP contribution in [0.2, 0.25) is 0 Å². The van der Waals surface area contributed by atoms with E-state index in [0.717, 1.165) is 35.0 Å². The van der Waals surface area contributed by atoms with Gasteiger partial charge < -0.3 is 10.8 Å². The number of anilines is 1. The molecule has 1 unspecified atom stereocenters. The fourth-order valence-electron chi connectivity index (χ4n) is 3.22. The molecule has 1 aliphatic rings. The second-order valence-electron chi connectivity index (χ2n) is 5.96. The van der Waals surface area contributed by atoms with Crippen LogP contribution in [0.1, 0.15) is 35.8 Å². The molecule has 118 valence electrons. The van der Waals surface area contributed by atoms with Crippen LogP contribution in [0.3, 0.4) is 0 Å². The van der Waals surface area contributed by atoms with Gasteiger partial charge in [0.05, 0.1) is 35.6 Å². The molecule has 3 N–H and O–H groups in total. The maximum atomic E-state index is 13.0. The molecule has 0 saturated heterocycles. The molecule has 0 radical (unpaired) electrons. The third-order valence-electron chi connectivity index (χ3n) is 4.41. The molecule has 23 heavy (non-hydrogen) atoms. The van der Waals surface area contributed by atoms with Gasteiger partial charge in [-0.25, -0.2) is 14.1 Å². The number of aryl methyl sites for hydroxylation is 1. The number of halogens is 1. The van der Waals surface area contributed by atoms with Crippen molar-refractivity contribution < 1.29 is 9.50 Å². The maximum Gasteiger partial charge on any atom is 0.160 e. The van der Waals surface area contributed by atoms with Crippen LogP contribution >= 0.6 is 0 Å². The standard InChI is InChI=1S/C17H17FN4O/c18-11-6-4-10(5-7-11)9-22-17-12(8-20-22)16(19)15-13(21-17)2-1-3-14(15)23/h4-8,14,23H,1-3,9H2,(H2,19,21). The normalized spacial score (nSPS) is 17.4. The average Bonchev–Trinajstić information content (AvgIpc) is 2.93. The minimum absolute atomic E-state index is 0.260. The number of hydrogen-bond donors (Lipinski definition) is 2. The van der Waals surface area contributed by atoms with Crippen molar-refractivity contribution in [3.63, 3.8) is 0 Å². The van der Waals surface area contributed by atoms with Gasteiger partial charge in [-0.2, -0.15) is 5.10 Å². The summed E-state index contributed by atoms with van der Waals surface area (Å²) in [6, 6.07) is 6.32. The Morgan fingerprint density at radius 3 is 2.87 bits per heavy atom. The first kappa shape index (κ1) is 14.1. The molecular formula is C17H17FN4O. The number of hydrogen-bond acceptors (Lipinski definition) is 4. The lowest BCUT2D eigenvalue weighted by Gasteiger charge is -2.22. The highest BCUT2D eigenvalue weighted by molar-refractivity contribution is 5.90. The minimum atomic E-state index is -0.545. The summed E-state index contributed by atoms with van der Waals surface area (Å²) in [4.78, 5) is 4.69. The number of pyridine rings is 1. The Hall–Kier alpha value is -2.47. The van der Waals surface area contributed by atoms with Crippen LogP contribution in [0.15, 0.2) is 30.5 Å². The van der Waals surface area contributed by atoms with Crippen molar-refractivity contribution in [2.45, 2.75) is 31.9 Å². The molecule has 5 nitrogen and oxygen atoms in total. The number of aliphatic hydroxyl groups excluding tert-OH is 1. The first-order valence-electron chi connectivity index (χ1n) is 7.70. The van der Waals surface area contributed by atoms with Crippen LogP contribution in [-0.2, 0) is 13.0 Å². The van der Waals surface area contributed by atoms with Gasteiger partial charge in [-0.1, -0.05) is 12.1 Å². The lowest BCUT2D eigenvalue weighted by Crippen LogP contribution is -2.15. The molecule has 0 aliphatic heterocycles. The number of aliphatic hydroxyl groups is 1. The molecule has 4 rings (SSSR count). The lowest BCUT2D eigenvalue weighted by atomic mass is 9.91. The summed E-state index contributed by atoms with van der Waals surface area (Å²) >= 11 is 0. The van der Waals surface area contributed by atoms with Gasteiger partial charge in [-0.15, -0.1) is 0 Å². The summed E-state index contributed by atoms with van der Waals surface area (Å²) in [6.07, 6.45) is 3.57. The highest BCUT2D eigenvalue weighted by Crippen LogP contribution is 2.36. The van der Waals surface area contributed by atoms with Gasteiger partial charge in [-0.05, 0) is 37.0 Å². The molecule has 0 saturated carbocycles. The van der Waals surface area contributed by atoms with Gasteiger partial charge in [0, 0.05) is 5.56 Å². The Balaban J connectivity index is 1.80. The van der Waals surface area contributed by atoms with E-state index in [1.165, 1.54) is 12.1 Å². The van der Waals surface area contributed by atoms with Crippen LogP contribution in [0.5, 0.6) is 0 Å². The summed E-state index contributed by atoms with van der Waals surface area (Å²) in [7, 11) is 0. The number of aromatic nitrogens is 3. The van der Waals surface area contributed by atoms with Crippen molar-refractivity contribution in [3.05, 3.63) is 53.1 Å². The van der Waals surface area contributed by atoms with Crippen molar-refractivity contribution in [1.29, 1.82) is 0 Å². The zero-order valence-electron chi connectivity index (χ0n) is 12.5. The van der Waals surface area contributed by atoms with Gasteiger partial charge >= 0.3 is 0 Å². The summed E-state index contributed by atoms with van der Waals surface area (Å²) in [5.41, 5.74) is 10.1. The Labute approximate surface area is 132 Å². The second-order valence-corrected chi connectivity index (χ2v) is 5.96. The van der Waals surface area contributed by atoms with Gasteiger partial charge in [0.15, 0.2) is 5.65 Å². The minimum Gasteiger partial charge on any atom is -0.398 e. The van der Waals surface area contributed by atoms with E-state index in [0.29, 0.717) is 24.3 Å². The Bertz CT molecular complexity index is 872. The number of nitrogens with zero attached hydrogens (tertiary/aromatic N) is 3. The zero-order chi connectivity index (χ0) is 16.0. The molecule has 1 aliphatic carbocycles. The highest BCUT2D eigenvalue weighted by Gasteiger charge is 2.25. The molecule has 1 atom stereocenters. The van der Waals surface area contributed by atoms with Crippen LogP contribution in [0.25, 0.3) is 11.0 Å². The monoisotopic (exact) mass is 312 g/mol. The van der Waals surface area contributed by atoms with E-state index in [2.05, 4.69) is 10.1 Å². The Morgan fingerprint density at radius 1 is 1.30 bits per heavy atom. The Kier molecular flexibility index (Phi) is 3.27. The third kappa shape index (κ3) is 2.35. The van der Waals surface area contributed by atoms with E-state index in [9.17, 15) is 9.50 Å². The summed E-state index contributed by atoms with van der Waals surface area (Å²) < 4.78 is 14.8. The first-order chi connectivity index (χ1) is 11.1. The molecule has 0 bridgehead atoms. The topological polar surface area (TPSA) is 77.0 Å². The first-order valence-corrected chi connectivity index (χ1v) is 7.70. The van der Waals surface area contributed by atoms with Gasteiger partial charge in [0.2, 0.25) is 0 Å². The van der Waals surface area contributed by atoms with Crippen molar-refractivity contribution in [2.24, 2.45) is 0 Å². The van der Waals surface area contributed by atoms with E-state index in [-0.39, 0.29) is 5.82 Å². The summed E-state index contributed by atoms with van der Waals surface area (Å²) in [5.74, 6) is -0.260. The number of fused-ring (bicyclic) bond motifs is 2. The van der Waals surface area contributed by atoms with Gasteiger partial charge in [0.25, 0.3) is 0 Å². The molecule has 0 amide bonds. The van der Waals surface area contributed by atoms with Crippen LogP contribution in [0.4, 0.5) is 10.1 Å². The number of nitrogen functional groups attached to an aromatic ring is 1. The largest absolute Gasteiger partial charge is 0.398 e. The van der Waals surface area contributed by atoms with E-state index < -0.39 is 6.10 Å². The summed E-state index contributed by atoms with van der Waals surface area (Å²) in [5, 5.41) is 15.3. The number of rotatable bonds is 2. The third-order valence-corrected chi connectivity index (χ3v) is 4.41. The van der Waals surface area contributed by atoms with Crippen molar-refractivity contribution in [2.75, 3.05) is 5.73 Å². The van der Waals surface area contributed by atoms with Crippen LogP contribution in [-0.4, -0.2) is 19.9 Å². The van der Waals surface area contributed by atoms with Crippen molar-refractivity contribution in [3.8, 4) is 0 Å². The molecular weight excluding hydrogens is 295 g/mol. The fraction of sp³-hybridized carbons (Fsp3) is 0.294. The van der Waals surface area contributed by atoms with Gasteiger partial charge in [0.1, 0.15) is 5.82 Å². The molecule has 0 spiro atoms. The van der Waals surface area contributed by atoms with E-state index in [1.807, 2.05) is 0 Å². The second kappa shape index (κ2) is 5.31. The predicted octanol–water partition coefficient (Wildman–Crippen LogP) is 2.57. The molecule has 2 aromatic heterocycles. The van der Waals surface area contributed by atoms with Gasteiger partial charge in [-0.3, -0.25) is 0 Å².